The third-order valence-corrected chi connectivity index (χ3v) is 10.8. The second kappa shape index (κ2) is 16.1. The molecule has 2 aromatic carbocycles. The van der Waals surface area contributed by atoms with Crippen molar-refractivity contribution in [3.63, 3.8) is 0 Å². The van der Waals surface area contributed by atoms with Gasteiger partial charge in [0.1, 0.15) is 29.3 Å². The number of ether oxygens (including phenoxy) is 1. The first-order valence-electron chi connectivity index (χ1n) is 19.5. The van der Waals surface area contributed by atoms with Crippen molar-refractivity contribution in [2.75, 3.05) is 13.1 Å². The van der Waals surface area contributed by atoms with Crippen LogP contribution in [0.4, 0.5) is 18.4 Å². The van der Waals surface area contributed by atoms with Crippen LogP contribution >= 0.6 is 0 Å². The summed E-state index contributed by atoms with van der Waals surface area (Å²) in [4.78, 5) is 64.3. The van der Waals surface area contributed by atoms with Gasteiger partial charge in [0.2, 0.25) is 11.8 Å². The molecule has 2 aliphatic heterocycles. The number of alkyl carbamates (subject to hydrolysis) is 1. The Hall–Kier alpha value is -5.21. The Morgan fingerprint density at radius 3 is 2.11 bits per heavy atom. The number of nitrogens with one attached hydrogen (secondary N) is 3. The molecule has 4 atom stereocenters. The molecule has 0 spiro atoms. The number of hydrogen-bond donors (Lipinski definition) is 4. The summed E-state index contributed by atoms with van der Waals surface area (Å²) in [6.45, 7) is 13.8. The van der Waals surface area contributed by atoms with Crippen LogP contribution in [0.15, 0.2) is 36.4 Å². The van der Waals surface area contributed by atoms with E-state index in [1.165, 1.54) is 24.3 Å². The largest absolute Gasteiger partial charge is 0.465 e. The van der Waals surface area contributed by atoms with E-state index in [1.807, 2.05) is 18.4 Å². The Bertz CT molecular complexity index is 2120. The maximum Gasteiger partial charge on any atom is 0.408 e. The highest BCUT2D eigenvalue weighted by atomic mass is 19.1. The molecule has 0 unspecified atom stereocenters. The molecule has 0 bridgehead atoms. The van der Waals surface area contributed by atoms with Crippen LogP contribution in [-0.4, -0.2) is 96.3 Å². The van der Waals surface area contributed by atoms with E-state index in [-0.39, 0.29) is 35.7 Å². The van der Waals surface area contributed by atoms with Crippen molar-refractivity contribution in [1.82, 2.24) is 35.0 Å². The van der Waals surface area contributed by atoms with Gasteiger partial charge in [-0.05, 0) is 101 Å². The monoisotopic (exact) mass is 777 g/mol. The summed E-state index contributed by atoms with van der Waals surface area (Å²) in [5.74, 6) is -1.47. The predicted octanol–water partition coefficient (Wildman–Crippen LogP) is 6.83. The van der Waals surface area contributed by atoms with E-state index < -0.39 is 41.5 Å². The molecule has 2 saturated heterocycles. The van der Waals surface area contributed by atoms with Gasteiger partial charge in [-0.1, -0.05) is 27.7 Å². The molecule has 0 radical (unpaired) electrons. The highest BCUT2D eigenvalue weighted by molar-refractivity contribution is 5.92. The van der Waals surface area contributed by atoms with Gasteiger partial charge in [-0.3, -0.25) is 9.59 Å². The maximum absolute atomic E-state index is 14.7. The highest BCUT2D eigenvalue weighted by Gasteiger charge is 2.39. The van der Waals surface area contributed by atoms with Gasteiger partial charge in [0.25, 0.3) is 0 Å². The summed E-state index contributed by atoms with van der Waals surface area (Å²) in [6.07, 6.45) is 1.23. The van der Waals surface area contributed by atoms with E-state index in [1.54, 1.807) is 56.6 Å². The van der Waals surface area contributed by atoms with E-state index in [4.69, 9.17) is 9.72 Å². The van der Waals surface area contributed by atoms with Gasteiger partial charge in [-0.25, -0.2) is 23.4 Å². The zero-order valence-electron chi connectivity index (χ0n) is 33.1. The van der Waals surface area contributed by atoms with E-state index in [2.05, 4.69) is 15.6 Å². The minimum Gasteiger partial charge on any atom is -0.465 e. The summed E-state index contributed by atoms with van der Waals surface area (Å²) in [5.41, 5.74) is 2.18. The number of amides is 4. The van der Waals surface area contributed by atoms with Crippen molar-refractivity contribution >= 4 is 45.9 Å². The van der Waals surface area contributed by atoms with Crippen LogP contribution < -0.4 is 10.6 Å². The summed E-state index contributed by atoms with van der Waals surface area (Å²) in [7, 11) is 0. The third kappa shape index (κ3) is 8.61. The average Bonchev–Trinajstić information content (AvgIpc) is 3.90. The van der Waals surface area contributed by atoms with Gasteiger partial charge in [-0.15, -0.1) is 0 Å². The number of imidazole rings is 1. The molecule has 302 valence electrons. The summed E-state index contributed by atoms with van der Waals surface area (Å²) in [6, 6.07) is 6.51. The molecule has 4 N–H and O–H groups in total. The average molecular weight is 778 g/mol. The van der Waals surface area contributed by atoms with Gasteiger partial charge in [-0.2, -0.15) is 0 Å². The molecular weight excluding hydrogens is 724 g/mol. The molecule has 2 aliphatic rings. The van der Waals surface area contributed by atoms with Crippen LogP contribution in [0, 0.1) is 23.5 Å². The number of fused-ring (bicyclic) bond motifs is 2. The standard InChI is InChI=1S/C41H53F2N7O6/c1-22(2)33(46-39(53)54)37(51)48-16-8-10-26(48)20-29-28-14-12-24(42)18-30(28)44-35(29)36-45-31-19-25(43)13-15-32(31)50(36)21-27-11-9-17-49(27)38(52)34(23(3)4)47-40(55)56-41(5,6)7/h12-15,18-19,22-23,26-27,33-34,44,46H,8-11,16-17,20-21H2,1-7H3,(H,47,55)(H,53,54)/t26-,27-,33-,34-/m0/s1. The molecule has 0 saturated carbocycles. The number of nitrogens with zero attached hydrogens (tertiary/aromatic N) is 4. The number of carboxylic acid groups (broad SMARTS) is 1. The molecule has 0 aliphatic carbocycles. The Kier molecular flexibility index (Phi) is 11.6. The highest BCUT2D eigenvalue weighted by Crippen LogP contribution is 2.37. The summed E-state index contributed by atoms with van der Waals surface area (Å²) < 4.78 is 36.9. The minimum absolute atomic E-state index is 0.226. The van der Waals surface area contributed by atoms with Crippen LogP contribution in [0.2, 0.25) is 0 Å². The Morgan fingerprint density at radius 1 is 0.893 bits per heavy atom. The molecule has 13 nitrogen and oxygen atoms in total. The number of aromatic amines is 1. The van der Waals surface area contributed by atoms with Crippen LogP contribution in [0.25, 0.3) is 33.5 Å². The van der Waals surface area contributed by atoms with Crippen LogP contribution in [0.5, 0.6) is 0 Å². The number of H-pyrrole nitrogens is 1. The molecule has 2 fully saturated rings. The van der Waals surface area contributed by atoms with E-state index in [0.717, 1.165) is 23.8 Å². The second-order valence-electron chi connectivity index (χ2n) is 16.7. The smallest absolute Gasteiger partial charge is 0.408 e. The molecule has 2 aromatic heterocycles. The SMILES string of the molecule is CC(C)[C@H](NC(=O)O)C(=O)N1CCC[C@H]1Cc1c(-c2nc3cc(F)ccc3n2C[C@@H]2CCCN2C(=O)[C@@H](NC(=O)OC(C)(C)C)C(C)C)[nH]c2cc(F)ccc12. The molecule has 6 rings (SSSR count). The molecule has 4 amide bonds. The van der Waals surface area contributed by atoms with Crippen LogP contribution in [-0.2, 0) is 27.3 Å². The number of halogens is 2. The first-order chi connectivity index (χ1) is 26.4. The molecule has 56 heavy (non-hydrogen) atoms. The fourth-order valence-corrected chi connectivity index (χ4v) is 8.16. The lowest BCUT2D eigenvalue weighted by Gasteiger charge is -2.32. The van der Waals surface area contributed by atoms with Gasteiger partial charge in [0, 0.05) is 48.7 Å². The number of rotatable bonds is 11. The third-order valence-electron chi connectivity index (χ3n) is 10.8. The normalized spacial score (nSPS) is 18.6. The first kappa shape index (κ1) is 40.5. The number of aromatic nitrogens is 3. The summed E-state index contributed by atoms with van der Waals surface area (Å²) in [5, 5.41) is 15.4. The zero-order chi connectivity index (χ0) is 40.6. The van der Waals surface area contributed by atoms with Crippen molar-refractivity contribution in [1.29, 1.82) is 0 Å². The number of hydrogen-bond acceptors (Lipinski definition) is 6. The van der Waals surface area contributed by atoms with Crippen molar-refractivity contribution in [3.8, 4) is 11.5 Å². The molecular formula is C41H53F2N7O6. The van der Waals surface area contributed by atoms with Gasteiger partial charge in [0.15, 0.2) is 5.82 Å². The molecule has 15 heteroatoms. The Labute approximate surface area is 325 Å². The number of carbonyl (C=O) groups excluding carboxylic acids is 3. The Morgan fingerprint density at radius 2 is 1.48 bits per heavy atom. The quantitative estimate of drug-likeness (QED) is 0.130. The lowest BCUT2D eigenvalue weighted by atomic mass is 9.98. The van der Waals surface area contributed by atoms with E-state index in [0.29, 0.717) is 67.0 Å². The Balaban J connectivity index is 1.39. The van der Waals surface area contributed by atoms with E-state index in [9.17, 15) is 33.1 Å². The zero-order valence-corrected chi connectivity index (χ0v) is 33.1. The van der Waals surface area contributed by atoms with Crippen LogP contribution in [0.1, 0.15) is 79.7 Å². The topological polar surface area (TPSA) is 162 Å². The summed E-state index contributed by atoms with van der Waals surface area (Å²) >= 11 is 0. The fourth-order valence-electron chi connectivity index (χ4n) is 8.16. The number of likely N-dealkylation sites (tertiary alicyclic amines) is 2. The van der Waals surface area contributed by atoms with Gasteiger partial charge >= 0.3 is 12.2 Å². The predicted molar refractivity (Wildman–Crippen MR) is 208 cm³/mol. The van der Waals surface area contributed by atoms with Crippen molar-refractivity contribution < 1.29 is 37.8 Å². The minimum atomic E-state index is -1.27. The maximum atomic E-state index is 14.7. The molecule has 4 aromatic rings. The lowest BCUT2D eigenvalue weighted by Crippen LogP contribution is -2.53. The lowest BCUT2D eigenvalue weighted by molar-refractivity contribution is -0.136. The van der Waals surface area contributed by atoms with Crippen molar-refractivity contribution in [2.45, 2.75) is 117 Å². The second-order valence-corrected chi connectivity index (χ2v) is 16.7. The fraction of sp³-hybridized carbons (Fsp3) is 0.537. The number of carbonyl (C=O) groups is 4. The first-order valence-corrected chi connectivity index (χ1v) is 19.5. The van der Waals surface area contributed by atoms with Gasteiger partial charge in [0.05, 0.1) is 16.7 Å². The molecule has 4 heterocycles. The van der Waals surface area contributed by atoms with Crippen molar-refractivity contribution in [2.24, 2.45) is 11.8 Å². The van der Waals surface area contributed by atoms with E-state index >= 15 is 0 Å². The van der Waals surface area contributed by atoms with Crippen molar-refractivity contribution in [3.05, 3.63) is 53.6 Å². The number of benzene rings is 2. The van der Waals surface area contributed by atoms with Crippen LogP contribution in [0.3, 0.4) is 0 Å². The van der Waals surface area contributed by atoms with Gasteiger partial charge < -0.3 is 39.8 Å².